The lowest BCUT2D eigenvalue weighted by Gasteiger charge is -2.03. The number of nitrogens with zero attached hydrogens (tertiary/aromatic N) is 1. The predicted molar refractivity (Wildman–Crippen MR) is 70.5 cm³/mol. The van der Waals surface area contributed by atoms with Crippen LogP contribution in [-0.4, -0.2) is 23.1 Å². The fourth-order valence-electron chi connectivity index (χ4n) is 2.52. The third kappa shape index (κ3) is 2.17. The van der Waals surface area contributed by atoms with Crippen molar-refractivity contribution < 1.29 is 0 Å². The Hall–Kier alpha value is -1.06. The number of imidazole rings is 1. The van der Waals surface area contributed by atoms with E-state index in [4.69, 9.17) is 11.6 Å². The van der Waals surface area contributed by atoms with E-state index in [0.717, 1.165) is 41.4 Å². The first-order valence-corrected chi connectivity index (χ1v) is 6.45. The van der Waals surface area contributed by atoms with E-state index in [1.807, 2.05) is 13.0 Å². The second kappa shape index (κ2) is 4.31. The lowest BCUT2D eigenvalue weighted by molar-refractivity contribution is 0.565. The molecule has 0 saturated carbocycles. The second-order valence-electron chi connectivity index (χ2n) is 4.89. The van der Waals surface area contributed by atoms with Gasteiger partial charge in [-0.05, 0) is 50.0 Å². The van der Waals surface area contributed by atoms with Gasteiger partial charge in [-0.3, -0.25) is 0 Å². The number of fused-ring (bicyclic) bond motifs is 1. The quantitative estimate of drug-likeness (QED) is 0.859. The van der Waals surface area contributed by atoms with Gasteiger partial charge in [0.15, 0.2) is 0 Å². The van der Waals surface area contributed by atoms with Crippen molar-refractivity contribution in [3.8, 4) is 0 Å². The molecule has 2 aromatic rings. The van der Waals surface area contributed by atoms with E-state index in [0.29, 0.717) is 5.92 Å². The van der Waals surface area contributed by atoms with Gasteiger partial charge in [-0.1, -0.05) is 11.6 Å². The van der Waals surface area contributed by atoms with Crippen LogP contribution in [-0.2, 0) is 6.42 Å². The monoisotopic (exact) mass is 249 g/mol. The highest BCUT2D eigenvalue weighted by Gasteiger charge is 2.17. The Bertz CT molecular complexity index is 541. The molecular formula is C13H16ClN3. The molecule has 1 aromatic carbocycles. The molecule has 4 heteroatoms. The van der Waals surface area contributed by atoms with Gasteiger partial charge in [-0.25, -0.2) is 4.98 Å². The highest BCUT2D eigenvalue weighted by atomic mass is 35.5. The highest BCUT2D eigenvalue weighted by Crippen LogP contribution is 2.24. The second-order valence-corrected chi connectivity index (χ2v) is 5.30. The molecule has 90 valence electrons. The summed E-state index contributed by atoms with van der Waals surface area (Å²) in [4.78, 5) is 7.98. The number of nitrogens with one attached hydrogen (secondary N) is 2. The van der Waals surface area contributed by atoms with Crippen molar-refractivity contribution in [1.82, 2.24) is 15.3 Å². The molecule has 1 aliphatic rings. The average Bonchev–Trinajstić information content (AvgIpc) is 2.87. The number of aryl methyl sites for hydroxylation is 1. The first-order chi connectivity index (χ1) is 8.22. The molecule has 2 heterocycles. The molecule has 1 aromatic heterocycles. The Balaban J connectivity index is 1.93. The maximum Gasteiger partial charge on any atom is 0.107 e. The molecular weight excluding hydrogens is 234 g/mol. The van der Waals surface area contributed by atoms with Crippen LogP contribution in [0.4, 0.5) is 0 Å². The fraction of sp³-hybridized carbons (Fsp3) is 0.462. The van der Waals surface area contributed by atoms with Gasteiger partial charge < -0.3 is 10.3 Å². The maximum absolute atomic E-state index is 6.20. The van der Waals surface area contributed by atoms with Crippen molar-refractivity contribution in [2.24, 2.45) is 5.92 Å². The van der Waals surface area contributed by atoms with Crippen LogP contribution < -0.4 is 5.32 Å². The number of aromatic amines is 1. The Morgan fingerprint density at radius 3 is 3.12 bits per heavy atom. The van der Waals surface area contributed by atoms with Crippen molar-refractivity contribution in [1.29, 1.82) is 0 Å². The van der Waals surface area contributed by atoms with Crippen LogP contribution in [0.5, 0.6) is 0 Å². The van der Waals surface area contributed by atoms with Gasteiger partial charge in [0.05, 0.1) is 10.5 Å². The number of H-pyrrole nitrogens is 1. The van der Waals surface area contributed by atoms with Crippen molar-refractivity contribution in [2.45, 2.75) is 19.8 Å². The van der Waals surface area contributed by atoms with Gasteiger partial charge in [-0.2, -0.15) is 0 Å². The summed E-state index contributed by atoms with van der Waals surface area (Å²) in [5, 5.41) is 4.12. The third-order valence-electron chi connectivity index (χ3n) is 3.38. The Morgan fingerprint density at radius 2 is 2.35 bits per heavy atom. The Morgan fingerprint density at radius 1 is 1.47 bits per heavy atom. The summed E-state index contributed by atoms with van der Waals surface area (Å²) >= 11 is 6.20. The van der Waals surface area contributed by atoms with Gasteiger partial charge in [0.2, 0.25) is 0 Å². The molecule has 1 unspecified atom stereocenters. The van der Waals surface area contributed by atoms with E-state index in [-0.39, 0.29) is 0 Å². The average molecular weight is 250 g/mol. The van der Waals surface area contributed by atoms with Crippen molar-refractivity contribution in [3.05, 3.63) is 28.5 Å². The molecule has 1 atom stereocenters. The number of halogens is 1. The Kier molecular flexibility index (Phi) is 2.81. The Labute approximate surface area is 106 Å². The molecule has 0 amide bonds. The normalized spacial score (nSPS) is 20.2. The topological polar surface area (TPSA) is 40.7 Å². The van der Waals surface area contributed by atoms with Gasteiger partial charge in [0.25, 0.3) is 0 Å². The highest BCUT2D eigenvalue weighted by molar-refractivity contribution is 6.35. The number of hydrogen-bond acceptors (Lipinski definition) is 2. The zero-order chi connectivity index (χ0) is 11.8. The van der Waals surface area contributed by atoms with Crippen molar-refractivity contribution >= 4 is 22.6 Å². The van der Waals surface area contributed by atoms with E-state index < -0.39 is 0 Å². The lowest BCUT2D eigenvalue weighted by Crippen LogP contribution is -2.11. The van der Waals surface area contributed by atoms with Crippen molar-refractivity contribution in [2.75, 3.05) is 13.1 Å². The molecule has 1 aliphatic heterocycles. The number of rotatable bonds is 2. The lowest BCUT2D eigenvalue weighted by atomic mass is 10.1. The fourth-order valence-corrected chi connectivity index (χ4v) is 2.84. The van der Waals surface area contributed by atoms with E-state index in [2.05, 4.69) is 21.4 Å². The van der Waals surface area contributed by atoms with Crippen molar-refractivity contribution in [3.63, 3.8) is 0 Å². The van der Waals surface area contributed by atoms with Gasteiger partial charge in [-0.15, -0.1) is 0 Å². The van der Waals surface area contributed by atoms with Gasteiger partial charge in [0, 0.05) is 6.42 Å². The largest absolute Gasteiger partial charge is 0.342 e. The van der Waals surface area contributed by atoms with E-state index >= 15 is 0 Å². The first-order valence-electron chi connectivity index (χ1n) is 6.08. The molecule has 0 bridgehead atoms. The molecule has 1 fully saturated rings. The molecule has 2 N–H and O–H groups in total. The summed E-state index contributed by atoms with van der Waals surface area (Å²) in [5.74, 6) is 1.76. The van der Waals surface area contributed by atoms with Crippen LogP contribution in [0.1, 0.15) is 17.8 Å². The standard InChI is InChI=1S/C13H16ClN3/c1-8-4-10(14)13-11(5-8)16-12(17-13)6-9-2-3-15-7-9/h4-5,9,15H,2-3,6-7H2,1H3,(H,16,17). The van der Waals surface area contributed by atoms with Crippen LogP contribution >= 0.6 is 11.6 Å². The van der Waals surface area contributed by atoms with Crippen LogP contribution in [0.2, 0.25) is 5.02 Å². The van der Waals surface area contributed by atoms with E-state index in [9.17, 15) is 0 Å². The zero-order valence-corrected chi connectivity index (χ0v) is 10.6. The smallest absolute Gasteiger partial charge is 0.107 e. The third-order valence-corrected chi connectivity index (χ3v) is 3.67. The molecule has 0 aliphatic carbocycles. The maximum atomic E-state index is 6.20. The summed E-state index contributed by atoms with van der Waals surface area (Å²) in [6.07, 6.45) is 2.25. The molecule has 17 heavy (non-hydrogen) atoms. The van der Waals surface area contributed by atoms with Gasteiger partial charge in [0.1, 0.15) is 11.3 Å². The minimum Gasteiger partial charge on any atom is -0.342 e. The minimum absolute atomic E-state index is 0.704. The molecule has 1 saturated heterocycles. The molecule has 3 rings (SSSR count). The van der Waals surface area contributed by atoms with Crippen LogP contribution in [0.3, 0.4) is 0 Å². The first kappa shape index (κ1) is 11.1. The van der Waals surface area contributed by atoms with Gasteiger partial charge >= 0.3 is 0 Å². The number of aromatic nitrogens is 2. The van der Waals surface area contributed by atoms with E-state index in [1.54, 1.807) is 0 Å². The number of benzene rings is 1. The summed E-state index contributed by atoms with van der Waals surface area (Å²) in [5.41, 5.74) is 3.12. The SMILES string of the molecule is Cc1cc(Cl)c2nc(CC3CCNC3)[nH]c2c1. The molecule has 0 radical (unpaired) electrons. The summed E-state index contributed by atoms with van der Waals surface area (Å²) in [6, 6.07) is 4.07. The number of hydrogen-bond donors (Lipinski definition) is 2. The van der Waals surface area contributed by atoms with Crippen LogP contribution in [0.25, 0.3) is 11.0 Å². The zero-order valence-electron chi connectivity index (χ0n) is 9.89. The van der Waals surface area contributed by atoms with Crippen LogP contribution in [0.15, 0.2) is 12.1 Å². The minimum atomic E-state index is 0.704. The predicted octanol–water partition coefficient (Wildman–Crippen LogP) is 2.68. The molecule has 0 spiro atoms. The van der Waals surface area contributed by atoms with E-state index in [1.165, 1.54) is 12.0 Å². The summed E-state index contributed by atoms with van der Waals surface area (Å²) < 4.78 is 0. The van der Waals surface area contributed by atoms with Crippen LogP contribution in [0, 0.1) is 12.8 Å². The summed E-state index contributed by atoms with van der Waals surface area (Å²) in [7, 11) is 0. The summed E-state index contributed by atoms with van der Waals surface area (Å²) in [6.45, 7) is 4.28. The molecule has 3 nitrogen and oxygen atoms in total.